The third kappa shape index (κ3) is 1.53. The first kappa shape index (κ1) is 8.54. The Bertz CT molecular complexity index is 261. The molecule has 2 rings (SSSR count). The van der Waals surface area contributed by atoms with Crippen molar-refractivity contribution in [2.75, 3.05) is 4.90 Å². The summed E-state index contributed by atoms with van der Waals surface area (Å²) in [6.45, 7) is 4.59. The number of hydrogen-bond donors (Lipinski definition) is 0. The Balaban J connectivity index is 2.25. The molecular formula is C11H16N2. The lowest BCUT2D eigenvalue weighted by Gasteiger charge is -2.28. The molecule has 13 heavy (non-hydrogen) atoms. The molecule has 1 aromatic rings. The topological polar surface area (TPSA) is 16.1 Å². The molecule has 1 aliphatic heterocycles. The average molecular weight is 176 g/mol. The van der Waals surface area contributed by atoms with Crippen LogP contribution >= 0.6 is 0 Å². The zero-order valence-electron chi connectivity index (χ0n) is 8.27. The second-order valence-electron chi connectivity index (χ2n) is 3.89. The summed E-state index contributed by atoms with van der Waals surface area (Å²) in [5, 5.41) is 0. The van der Waals surface area contributed by atoms with Gasteiger partial charge in [-0.2, -0.15) is 0 Å². The molecule has 2 unspecified atom stereocenters. The molecule has 0 aliphatic carbocycles. The molecule has 0 spiro atoms. The summed E-state index contributed by atoms with van der Waals surface area (Å²) < 4.78 is 0. The molecule has 2 heteroatoms. The van der Waals surface area contributed by atoms with Gasteiger partial charge in [0, 0.05) is 30.2 Å². The van der Waals surface area contributed by atoms with E-state index < -0.39 is 0 Å². The van der Waals surface area contributed by atoms with Crippen LogP contribution in [0.3, 0.4) is 0 Å². The summed E-state index contributed by atoms with van der Waals surface area (Å²) in [6, 6.07) is 5.55. The lowest BCUT2D eigenvalue weighted by Crippen LogP contribution is -2.32. The Kier molecular flexibility index (Phi) is 2.21. The third-order valence-electron chi connectivity index (χ3n) is 2.91. The van der Waals surface area contributed by atoms with Gasteiger partial charge in [-0.05, 0) is 38.8 Å². The first-order chi connectivity index (χ1) is 6.29. The Morgan fingerprint density at radius 1 is 1.15 bits per heavy atom. The molecule has 0 aromatic carbocycles. The molecule has 2 heterocycles. The van der Waals surface area contributed by atoms with Crippen LogP contribution in [0, 0.1) is 0 Å². The zero-order valence-corrected chi connectivity index (χ0v) is 8.27. The third-order valence-corrected chi connectivity index (χ3v) is 2.91. The van der Waals surface area contributed by atoms with E-state index in [1.807, 2.05) is 12.4 Å². The number of rotatable bonds is 1. The fourth-order valence-corrected chi connectivity index (χ4v) is 2.22. The maximum Gasteiger partial charge on any atom is 0.0401 e. The number of hydrogen-bond acceptors (Lipinski definition) is 2. The molecule has 0 radical (unpaired) electrons. The summed E-state index contributed by atoms with van der Waals surface area (Å²) >= 11 is 0. The smallest absolute Gasteiger partial charge is 0.0401 e. The quantitative estimate of drug-likeness (QED) is 0.653. The van der Waals surface area contributed by atoms with Gasteiger partial charge in [-0.25, -0.2) is 0 Å². The van der Waals surface area contributed by atoms with Crippen molar-refractivity contribution in [1.82, 2.24) is 4.98 Å². The monoisotopic (exact) mass is 176 g/mol. The van der Waals surface area contributed by atoms with Gasteiger partial charge in [-0.1, -0.05) is 0 Å². The van der Waals surface area contributed by atoms with Gasteiger partial charge in [0.05, 0.1) is 0 Å². The van der Waals surface area contributed by atoms with E-state index in [4.69, 9.17) is 0 Å². The highest BCUT2D eigenvalue weighted by Gasteiger charge is 2.26. The van der Waals surface area contributed by atoms with Gasteiger partial charge in [0.1, 0.15) is 0 Å². The SMILES string of the molecule is CC1CCC(C)N1c1ccncc1. The fraction of sp³-hybridized carbons (Fsp3) is 0.545. The standard InChI is InChI=1S/C11H16N2/c1-9-3-4-10(2)13(9)11-5-7-12-8-6-11/h5-10H,3-4H2,1-2H3. The number of aromatic nitrogens is 1. The summed E-state index contributed by atoms with van der Waals surface area (Å²) in [5.74, 6) is 0. The highest BCUT2D eigenvalue weighted by Crippen LogP contribution is 2.29. The van der Waals surface area contributed by atoms with Crippen molar-refractivity contribution in [3.63, 3.8) is 0 Å². The highest BCUT2D eigenvalue weighted by molar-refractivity contribution is 5.47. The van der Waals surface area contributed by atoms with Gasteiger partial charge < -0.3 is 4.90 Å². The second-order valence-corrected chi connectivity index (χ2v) is 3.89. The van der Waals surface area contributed by atoms with E-state index in [-0.39, 0.29) is 0 Å². The minimum absolute atomic E-state index is 0.678. The predicted molar refractivity (Wildman–Crippen MR) is 54.9 cm³/mol. The lowest BCUT2D eigenvalue weighted by atomic mass is 10.2. The Morgan fingerprint density at radius 2 is 1.69 bits per heavy atom. The van der Waals surface area contributed by atoms with E-state index in [1.54, 1.807) is 0 Å². The van der Waals surface area contributed by atoms with Crippen molar-refractivity contribution >= 4 is 5.69 Å². The molecular weight excluding hydrogens is 160 g/mol. The molecule has 1 fully saturated rings. The van der Waals surface area contributed by atoms with E-state index in [0.717, 1.165) is 0 Å². The van der Waals surface area contributed by atoms with Crippen LogP contribution in [0.4, 0.5) is 5.69 Å². The van der Waals surface area contributed by atoms with E-state index in [2.05, 4.69) is 35.9 Å². The van der Waals surface area contributed by atoms with Crippen LogP contribution in [0.1, 0.15) is 26.7 Å². The van der Waals surface area contributed by atoms with Gasteiger partial charge in [0.25, 0.3) is 0 Å². The van der Waals surface area contributed by atoms with Crippen molar-refractivity contribution in [1.29, 1.82) is 0 Å². The molecule has 1 saturated heterocycles. The van der Waals surface area contributed by atoms with Crippen LogP contribution in [0.15, 0.2) is 24.5 Å². The zero-order chi connectivity index (χ0) is 9.26. The predicted octanol–water partition coefficient (Wildman–Crippen LogP) is 2.46. The van der Waals surface area contributed by atoms with Crippen molar-refractivity contribution in [3.05, 3.63) is 24.5 Å². The van der Waals surface area contributed by atoms with Crippen molar-refractivity contribution < 1.29 is 0 Å². The molecule has 70 valence electrons. The molecule has 0 saturated carbocycles. The van der Waals surface area contributed by atoms with Crippen molar-refractivity contribution in [2.45, 2.75) is 38.8 Å². The number of nitrogens with zero attached hydrogens (tertiary/aromatic N) is 2. The maximum absolute atomic E-state index is 4.04. The van der Waals surface area contributed by atoms with E-state index in [1.165, 1.54) is 18.5 Å². The first-order valence-electron chi connectivity index (χ1n) is 4.97. The second kappa shape index (κ2) is 3.36. The Labute approximate surface area is 79.6 Å². The van der Waals surface area contributed by atoms with Crippen LogP contribution in [0.25, 0.3) is 0 Å². The van der Waals surface area contributed by atoms with E-state index >= 15 is 0 Å². The van der Waals surface area contributed by atoms with Crippen LogP contribution in [0.5, 0.6) is 0 Å². The normalized spacial score (nSPS) is 28.0. The van der Waals surface area contributed by atoms with Gasteiger partial charge in [-0.15, -0.1) is 0 Å². The van der Waals surface area contributed by atoms with Crippen LogP contribution in [0.2, 0.25) is 0 Å². The molecule has 0 bridgehead atoms. The van der Waals surface area contributed by atoms with Gasteiger partial charge in [-0.3, -0.25) is 4.98 Å². The molecule has 0 N–H and O–H groups in total. The highest BCUT2D eigenvalue weighted by atomic mass is 15.2. The largest absolute Gasteiger partial charge is 0.366 e. The van der Waals surface area contributed by atoms with Gasteiger partial charge >= 0.3 is 0 Å². The summed E-state index contributed by atoms with van der Waals surface area (Å²) in [5.41, 5.74) is 1.31. The number of anilines is 1. The number of pyridine rings is 1. The van der Waals surface area contributed by atoms with Gasteiger partial charge in [0.15, 0.2) is 0 Å². The van der Waals surface area contributed by atoms with E-state index in [0.29, 0.717) is 12.1 Å². The van der Waals surface area contributed by atoms with Crippen molar-refractivity contribution in [3.8, 4) is 0 Å². The molecule has 1 aliphatic rings. The Morgan fingerprint density at radius 3 is 2.23 bits per heavy atom. The summed E-state index contributed by atoms with van der Waals surface area (Å²) in [7, 11) is 0. The Hall–Kier alpha value is -1.05. The van der Waals surface area contributed by atoms with Crippen LogP contribution < -0.4 is 4.90 Å². The van der Waals surface area contributed by atoms with Crippen molar-refractivity contribution in [2.24, 2.45) is 0 Å². The lowest BCUT2D eigenvalue weighted by molar-refractivity contribution is 0.693. The first-order valence-corrected chi connectivity index (χ1v) is 4.97. The average Bonchev–Trinajstić information content (AvgIpc) is 2.48. The summed E-state index contributed by atoms with van der Waals surface area (Å²) in [6.07, 6.45) is 6.35. The molecule has 2 nitrogen and oxygen atoms in total. The molecule has 0 amide bonds. The minimum Gasteiger partial charge on any atom is -0.366 e. The van der Waals surface area contributed by atoms with Crippen LogP contribution in [-0.2, 0) is 0 Å². The van der Waals surface area contributed by atoms with E-state index in [9.17, 15) is 0 Å². The molecule has 1 aromatic heterocycles. The maximum atomic E-state index is 4.04. The summed E-state index contributed by atoms with van der Waals surface area (Å²) in [4.78, 5) is 6.53. The van der Waals surface area contributed by atoms with Gasteiger partial charge in [0.2, 0.25) is 0 Å². The fourth-order valence-electron chi connectivity index (χ4n) is 2.22. The van der Waals surface area contributed by atoms with Crippen LogP contribution in [-0.4, -0.2) is 17.1 Å². The minimum atomic E-state index is 0.678. The molecule has 2 atom stereocenters.